The van der Waals surface area contributed by atoms with Crippen LogP contribution in [0.3, 0.4) is 0 Å². The molecule has 29 heavy (non-hydrogen) atoms. The molecule has 3 rings (SSSR count). The van der Waals surface area contributed by atoms with E-state index in [0.29, 0.717) is 10.2 Å². The number of hydrogen-bond acceptors (Lipinski definition) is 4. The molecule has 1 aromatic heterocycles. The summed E-state index contributed by atoms with van der Waals surface area (Å²) in [5, 5.41) is 2.65. The molecule has 0 fully saturated rings. The van der Waals surface area contributed by atoms with E-state index in [4.69, 9.17) is 4.74 Å². The summed E-state index contributed by atoms with van der Waals surface area (Å²) in [4.78, 5) is 30.4. The number of pyridine rings is 1. The molecular weight excluding hydrogens is 455 g/mol. The zero-order valence-electron chi connectivity index (χ0n) is 15.2. The topological polar surface area (TPSA) is 71.5 Å². The quantitative estimate of drug-likeness (QED) is 0.527. The first-order valence-corrected chi connectivity index (χ1v) is 9.11. The molecule has 6 nitrogen and oxygen atoms in total. The van der Waals surface area contributed by atoms with E-state index in [2.05, 4.69) is 26.2 Å². The number of halogens is 4. The molecule has 0 saturated heterocycles. The van der Waals surface area contributed by atoms with E-state index in [0.717, 1.165) is 17.0 Å². The van der Waals surface area contributed by atoms with E-state index in [1.807, 2.05) is 0 Å². The molecule has 1 aliphatic heterocycles. The number of carbonyl (C=O) groups is 2. The molecule has 1 aromatic carbocycles. The van der Waals surface area contributed by atoms with Gasteiger partial charge in [0.1, 0.15) is 4.60 Å². The fraction of sp³-hybridized carbons (Fsp3) is 0.211. The lowest BCUT2D eigenvalue weighted by atomic mass is 9.95. The molecule has 152 valence electrons. The number of aromatic nitrogens is 1. The van der Waals surface area contributed by atoms with Crippen LogP contribution in [-0.2, 0) is 15.7 Å². The summed E-state index contributed by atoms with van der Waals surface area (Å²) in [6.45, 7) is 1.48. The highest BCUT2D eigenvalue weighted by Gasteiger charge is 2.38. The largest absolute Gasteiger partial charge is 0.466 e. The minimum Gasteiger partial charge on any atom is -0.466 e. The van der Waals surface area contributed by atoms with Crippen LogP contribution >= 0.6 is 15.9 Å². The van der Waals surface area contributed by atoms with Gasteiger partial charge in [0.15, 0.2) is 0 Å². The van der Waals surface area contributed by atoms with Crippen molar-refractivity contribution in [3.05, 3.63) is 69.6 Å². The lowest BCUT2D eigenvalue weighted by molar-refractivity contribution is -0.138. The van der Waals surface area contributed by atoms with Crippen LogP contribution in [0.25, 0.3) is 0 Å². The van der Waals surface area contributed by atoms with Crippen LogP contribution in [0.5, 0.6) is 0 Å². The Morgan fingerprint density at radius 1 is 1.28 bits per heavy atom. The zero-order chi connectivity index (χ0) is 21.3. The third-order valence-electron chi connectivity index (χ3n) is 4.41. The van der Waals surface area contributed by atoms with Gasteiger partial charge in [0.05, 0.1) is 30.0 Å². The number of allylic oxidation sites excluding steroid dienone is 1. The summed E-state index contributed by atoms with van der Waals surface area (Å²) >= 11 is 3.21. The average Bonchev–Trinajstić information content (AvgIpc) is 2.67. The summed E-state index contributed by atoms with van der Waals surface area (Å²) in [5.74, 6) is -0.715. The van der Waals surface area contributed by atoms with Crippen LogP contribution < -0.4 is 10.2 Å². The summed E-state index contributed by atoms with van der Waals surface area (Å²) < 4.78 is 44.7. The first kappa shape index (κ1) is 20.8. The summed E-state index contributed by atoms with van der Waals surface area (Å²) in [6, 6.07) is 6.07. The van der Waals surface area contributed by atoms with Gasteiger partial charge in [-0.3, -0.25) is 4.90 Å². The van der Waals surface area contributed by atoms with Gasteiger partial charge in [-0.25, -0.2) is 14.6 Å². The molecule has 1 N–H and O–H groups in total. The van der Waals surface area contributed by atoms with Gasteiger partial charge < -0.3 is 10.1 Å². The SMILES string of the molecule is COC(=O)C1=C(C)N(c2cccc(C(F)(F)F)c2)C(=O)NC1c1ccc(Br)nc1. The minimum atomic E-state index is -4.57. The van der Waals surface area contributed by atoms with E-state index in [-0.39, 0.29) is 17.0 Å². The van der Waals surface area contributed by atoms with Crippen molar-refractivity contribution in [2.45, 2.75) is 19.1 Å². The van der Waals surface area contributed by atoms with Gasteiger partial charge in [-0.15, -0.1) is 0 Å². The van der Waals surface area contributed by atoms with Gasteiger partial charge in [-0.05, 0) is 52.7 Å². The number of alkyl halides is 3. The number of nitrogens with one attached hydrogen (secondary N) is 1. The molecule has 0 aliphatic carbocycles. The molecule has 2 aromatic rings. The average molecular weight is 470 g/mol. The molecule has 0 bridgehead atoms. The number of carbonyl (C=O) groups excluding carboxylic acids is 2. The van der Waals surface area contributed by atoms with Crippen molar-refractivity contribution in [3.8, 4) is 0 Å². The fourth-order valence-electron chi connectivity index (χ4n) is 3.06. The Morgan fingerprint density at radius 3 is 2.59 bits per heavy atom. The highest BCUT2D eigenvalue weighted by Crippen LogP contribution is 2.36. The number of methoxy groups -OCH3 is 1. The zero-order valence-corrected chi connectivity index (χ0v) is 16.8. The van der Waals surface area contributed by atoms with Crippen molar-refractivity contribution in [1.29, 1.82) is 0 Å². The van der Waals surface area contributed by atoms with Crippen LogP contribution in [0.1, 0.15) is 24.1 Å². The normalized spacial score (nSPS) is 17.2. The lowest BCUT2D eigenvalue weighted by Crippen LogP contribution is -2.48. The van der Waals surface area contributed by atoms with Gasteiger partial charge in [-0.1, -0.05) is 12.1 Å². The smallest absolute Gasteiger partial charge is 0.416 e. The van der Waals surface area contributed by atoms with E-state index < -0.39 is 29.8 Å². The molecule has 1 unspecified atom stereocenters. The third kappa shape index (κ3) is 4.12. The van der Waals surface area contributed by atoms with Gasteiger partial charge in [0.25, 0.3) is 0 Å². The Hall–Kier alpha value is -2.88. The number of nitrogens with zero attached hydrogens (tertiary/aromatic N) is 2. The predicted molar refractivity (Wildman–Crippen MR) is 102 cm³/mol. The van der Waals surface area contributed by atoms with Crippen LogP contribution in [0.4, 0.5) is 23.7 Å². The van der Waals surface area contributed by atoms with Crippen LogP contribution in [0, 0.1) is 0 Å². The molecule has 1 atom stereocenters. The van der Waals surface area contributed by atoms with Gasteiger partial charge >= 0.3 is 18.2 Å². The van der Waals surface area contributed by atoms with Crippen LogP contribution in [0.2, 0.25) is 0 Å². The van der Waals surface area contributed by atoms with Gasteiger partial charge in [0, 0.05) is 11.9 Å². The Morgan fingerprint density at radius 2 is 2.00 bits per heavy atom. The molecular formula is C19H15BrF3N3O3. The lowest BCUT2D eigenvalue weighted by Gasteiger charge is -2.35. The molecule has 1 aliphatic rings. The standard InChI is InChI=1S/C19H15BrF3N3O3/c1-10-15(17(27)29-2)16(11-6-7-14(20)24-9-11)25-18(28)26(10)13-5-3-4-12(8-13)19(21,22)23/h3-9,16H,1-2H3,(H,25,28). The first-order chi connectivity index (χ1) is 13.6. The maximum atomic E-state index is 13.1. The van der Waals surface area contributed by atoms with Crippen molar-refractivity contribution in [1.82, 2.24) is 10.3 Å². The highest BCUT2D eigenvalue weighted by molar-refractivity contribution is 9.10. The maximum Gasteiger partial charge on any atom is 0.416 e. The molecule has 0 spiro atoms. The molecule has 2 heterocycles. The van der Waals surface area contributed by atoms with E-state index in [1.54, 1.807) is 12.1 Å². The first-order valence-electron chi connectivity index (χ1n) is 8.32. The molecule has 0 saturated carbocycles. The predicted octanol–water partition coefficient (Wildman–Crippen LogP) is 4.58. The van der Waals surface area contributed by atoms with Crippen LogP contribution in [0.15, 0.2) is 58.5 Å². The number of amides is 2. The number of benzene rings is 1. The second-order valence-electron chi connectivity index (χ2n) is 6.17. The van der Waals surface area contributed by atoms with E-state index in [9.17, 15) is 22.8 Å². The number of hydrogen-bond donors (Lipinski definition) is 1. The summed E-state index contributed by atoms with van der Waals surface area (Å²) in [7, 11) is 1.19. The van der Waals surface area contributed by atoms with E-state index >= 15 is 0 Å². The number of esters is 1. The minimum absolute atomic E-state index is 0.0244. The second kappa shape index (κ2) is 7.86. The van der Waals surface area contributed by atoms with Crippen molar-refractivity contribution in [3.63, 3.8) is 0 Å². The second-order valence-corrected chi connectivity index (χ2v) is 6.98. The fourth-order valence-corrected chi connectivity index (χ4v) is 3.29. The molecule has 2 amide bonds. The Labute approximate surface area is 172 Å². The van der Waals surface area contributed by atoms with Gasteiger partial charge in [-0.2, -0.15) is 13.2 Å². The monoisotopic (exact) mass is 469 g/mol. The number of ether oxygens (including phenoxy) is 1. The maximum absolute atomic E-state index is 13.1. The van der Waals surface area contributed by atoms with Crippen molar-refractivity contribution in [2.75, 3.05) is 12.0 Å². The Balaban J connectivity index is 2.13. The summed E-state index contributed by atoms with van der Waals surface area (Å²) in [5.41, 5.74) is -0.162. The summed E-state index contributed by atoms with van der Waals surface area (Å²) in [6.07, 6.45) is -3.10. The Kier molecular flexibility index (Phi) is 5.65. The van der Waals surface area contributed by atoms with Crippen LogP contribution in [-0.4, -0.2) is 24.1 Å². The molecule has 10 heteroatoms. The third-order valence-corrected chi connectivity index (χ3v) is 4.87. The van der Waals surface area contributed by atoms with Gasteiger partial charge in [0.2, 0.25) is 0 Å². The number of anilines is 1. The highest BCUT2D eigenvalue weighted by atomic mass is 79.9. The Bertz CT molecular complexity index is 990. The number of rotatable bonds is 3. The number of urea groups is 1. The van der Waals surface area contributed by atoms with Crippen molar-refractivity contribution in [2.24, 2.45) is 0 Å². The molecule has 0 radical (unpaired) electrons. The van der Waals surface area contributed by atoms with Crippen molar-refractivity contribution >= 4 is 33.6 Å². The van der Waals surface area contributed by atoms with Crippen molar-refractivity contribution < 1.29 is 27.5 Å². The van der Waals surface area contributed by atoms with E-state index in [1.165, 1.54) is 32.4 Å².